The molecule has 27 heavy (non-hydrogen) atoms. The van der Waals surface area contributed by atoms with Crippen LogP contribution in [0.5, 0.6) is 5.75 Å². The summed E-state index contributed by atoms with van der Waals surface area (Å²) in [6.45, 7) is 5.41. The molecule has 144 valence electrons. The third kappa shape index (κ3) is 4.01. The third-order valence-electron chi connectivity index (χ3n) is 4.54. The minimum absolute atomic E-state index is 0.271. The maximum atomic E-state index is 13.2. The zero-order valence-corrected chi connectivity index (χ0v) is 17.0. The lowest BCUT2D eigenvalue weighted by atomic mass is 10.0. The molecule has 0 fully saturated rings. The SMILES string of the molecule is CC(C)c1ccc(S(=O)(=O)n2cc(OCCN(C)C)c3ccccc32)cc1. The van der Waals surface area contributed by atoms with Gasteiger partial charge in [0.1, 0.15) is 12.4 Å². The van der Waals surface area contributed by atoms with Crippen LogP contribution in [0, 0.1) is 0 Å². The molecule has 0 unspecified atom stereocenters. The van der Waals surface area contributed by atoms with Crippen molar-refractivity contribution in [2.45, 2.75) is 24.7 Å². The van der Waals surface area contributed by atoms with Gasteiger partial charge in [0, 0.05) is 11.9 Å². The van der Waals surface area contributed by atoms with Crippen LogP contribution in [0.25, 0.3) is 10.9 Å². The molecular formula is C21H26N2O3S. The zero-order chi connectivity index (χ0) is 19.6. The summed E-state index contributed by atoms with van der Waals surface area (Å²) >= 11 is 0. The molecular weight excluding hydrogens is 360 g/mol. The van der Waals surface area contributed by atoms with Gasteiger partial charge in [0.2, 0.25) is 0 Å². The van der Waals surface area contributed by atoms with E-state index in [-0.39, 0.29) is 4.90 Å². The summed E-state index contributed by atoms with van der Waals surface area (Å²) in [4.78, 5) is 2.29. The maximum Gasteiger partial charge on any atom is 0.268 e. The van der Waals surface area contributed by atoms with Crippen molar-refractivity contribution in [3.63, 3.8) is 0 Å². The number of para-hydroxylation sites is 1. The summed E-state index contributed by atoms with van der Waals surface area (Å²) in [5, 5.41) is 0.790. The second-order valence-corrected chi connectivity index (χ2v) is 9.00. The van der Waals surface area contributed by atoms with E-state index in [4.69, 9.17) is 4.74 Å². The lowest BCUT2D eigenvalue weighted by molar-refractivity contribution is 0.263. The van der Waals surface area contributed by atoms with E-state index in [0.717, 1.165) is 17.5 Å². The minimum atomic E-state index is -3.70. The molecule has 0 atom stereocenters. The average Bonchev–Trinajstić information content (AvgIpc) is 3.01. The number of fused-ring (bicyclic) bond motifs is 1. The Morgan fingerprint density at radius 1 is 1.04 bits per heavy atom. The summed E-state index contributed by atoms with van der Waals surface area (Å²) in [6.07, 6.45) is 1.58. The smallest absolute Gasteiger partial charge is 0.268 e. The molecule has 2 aromatic carbocycles. The summed E-state index contributed by atoms with van der Waals surface area (Å²) in [7, 11) is 0.238. The summed E-state index contributed by atoms with van der Waals surface area (Å²) in [5.41, 5.74) is 1.73. The number of hydrogen-bond donors (Lipinski definition) is 0. The number of aromatic nitrogens is 1. The number of likely N-dealkylation sites (N-methyl/N-ethyl adjacent to an activating group) is 1. The Morgan fingerprint density at radius 3 is 2.33 bits per heavy atom. The number of rotatable bonds is 7. The molecule has 0 amide bonds. The number of benzene rings is 2. The van der Waals surface area contributed by atoms with Crippen LogP contribution in [0.3, 0.4) is 0 Å². The van der Waals surface area contributed by atoms with E-state index in [1.54, 1.807) is 24.4 Å². The number of ether oxygens (including phenoxy) is 1. The van der Waals surface area contributed by atoms with Gasteiger partial charge in [-0.2, -0.15) is 0 Å². The van der Waals surface area contributed by atoms with Crippen molar-refractivity contribution in [2.75, 3.05) is 27.2 Å². The Hall–Kier alpha value is -2.31. The Kier molecular flexibility index (Phi) is 5.58. The van der Waals surface area contributed by atoms with Gasteiger partial charge in [-0.1, -0.05) is 38.1 Å². The van der Waals surface area contributed by atoms with Crippen LogP contribution < -0.4 is 4.74 Å². The highest BCUT2D eigenvalue weighted by molar-refractivity contribution is 7.90. The fraction of sp³-hybridized carbons (Fsp3) is 0.333. The topological polar surface area (TPSA) is 51.5 Å². The molecule has 0 N–H and O–H groups in total. The van der Waals surface area contributed by atoms with Gasteiger partial charge in [-0.3, -0.25) is 0 Å². The Labute approximate surface area is 161 Å². The van der Waals surface area contributed by atoms with Gasteiger partial charge in [0.15, 0.2) is 0 Å². The molecule has 6 heteroatoms. The molecule has 0 saturated carbocycles. The van der Waals surface area contributed by atoms with Crippen LogP contribution in [-0.4, -0.2) is 44.5 Å². The molecule has 0 aliphatic heterocycles. The molecule has 5 nitrogen and oxygen atoms in total. The average molecular weight is 387 g/mol. The highest BCUT2D eigenvalue weighted by Crippen LogP contribution is 2.31. The molecule has 1 heterocycles. The largest absolute Gasteiger partial charge is 0.490 e. The molecule has 3 rings (SSSR count). The van der Waals surface area contributed by atoms with Crippen molar-refractivity contribution in [1.82, 2.24) is 8.87 Å². The van der Waals surface area contributed by atoms with Crippen molar-refractivity contribution in [1.29, 1.82) is 0 Å². The van der Waals surface area contributed by atoms with Crippen LogP contribution >= 0.6 is 0 Å². The highest BCUT2D eigenvalue weighted by Gasteiger charge is 2.22. The fourth-order valence-electron chi connectivity index (χ4n) is 2.91. The first-order valence-electron chi connectivity index (χ1n) is 9.04. The first-order chi connectivity index (χ1) is 12.8. The summed E-state index contributed by atoms with van der Waals surface area (Å²) in [6, 6.07) is 14.5. The predicted molar refractivity (Wildman–Crippen MR) is 109 cm³/mol. The van der Waals surface area contributed by atoms with Crippen molar-refractivity contribution >= 4 is 20.9 Å². The van der Waals surface area contributed by atoms with Gasteiger partial charge in [-0.15, -0.1) is 0 Å². The molecule has 3 aromatic rings. The molecule has 0 saturated heterocycles. The van der Waals surface area contributed by atoms with E-state index in [1.165, 1.54) is 3.97 Å². The standard InChI is InChI=1S/C21H26N2O3S/c1-16(2)17-9-11-18(12-10-17)27(24,25)23-15-21(26-14-13-22(3)4)19-7-5-6-8-20(19)23/h5-12,15-16H,13-14H2,1-4H3. The number of hydrogen-bond acceptors (Lipinski definition) is 4. The Balaban J connectivity index is 2.02. The van der Waals surface area contributed by atoms with Crippen molar-refractivity contribution < 1.29 is 13.2 Å². The second-order valence-electron chi connectivity index (χ2n) is 7.19. The quantitative estimate of drug-likeness (QED) is 0.617. The van der Waals surface area contributed by atoms with Gasteiger partial charge >= 0.3 is 0 Å². The highest BCUT2D eigenvalue weighted by atomic mass is 32.2. The van der Waals surface area contributed by atoms with E-state index in [9.17, 15) is 8.42 Å². The van der Waals surface area contributed by atoms with Crippen LogP contribution in [0.15, 0.2) is 59.6 Å². The number of nitrogens with zero attached hydrogens (tertiary/aromatic N) is 2. The molecule has 0 bridgehead atoms. The van der Waals surface area contributed by atoms with Crippen LogP contribution in [0.4, 0.5) is 0 Å². The van der Waals surface area contributed by atoms with Gasteiger partial charge in [0.25, 0.3) is 10.0 Å². The van der Waals surface area contributed by atoms with Crippen molar-refractivity contribution in [2.24, 2.45) is 0 Å². The fourth-order valence-corrected chi connectivity index (χ4v) is 4.27. The lowest BCUT2D eigenvalue weighted by Gasteiger charge is -2.10. The van der Waals surface area contributed by atoms with Crippen molar-refractivity contribution in [3.8, 4) is 5.75 Å². The molecule has 0 spiro atoms. The zero-order valence-electron chi connectivity index (χ0n) is 16.2. The van der Waals surface area contributed by atoms with E-state index >= 15 is 0 Å². The Morgan fingerprint density at radius 2 is 1.70 bits per heavy atom. The monoisotopic (exact) mass is 386 g/mol. The predicted octanol–water partition coefficient (Wildman–Crippen LogP) is 3.94. The lowest BCUT2D eigenvalue weighted by Crippen LogP contribution is -2.19. The maximum absolute atomic E-state index is 13.2. The van der Waals surface area contributed by atoms with E-state index in [2.05, 4.69) is 13.8 Å². The van der Waals surface area contributed by atoms with Crippen LogP contribution in [-0.2, 0) is 10.0 Å². The normalized spacial score (nSPS) is 12.2. The van der Waals surface area contributed by atoms with E-state index in [0.29, 0.717) is 23.8 Å². The third-order valence-corrected chi connectivity index (χ3v) is 6.23. The molecule has 1 aromatic heterocycles. The van der Waals surface area contributed by atoms with E-state index < -0.39 is 10.0 Å². The van der Waals surface area contributed by atoms with Gasteiger partial charge in [-0.05, 0) is 49.8 Å². The molecule has 0 aliphatic rings. The first kappa shape index (κ1) is 19.5. The van der Waals surface area contributed by atoms with E-state index in [1.807, 2.05) is 49.3 Å². The van der Waals surface area contributed by atoms with Gasteiger partial charge in [0.05, 0.1) is 16.6 Å². The van der Waals surface area contributed by atoms with Crippen LogP contribution in [0.1, 0.15) is 25.3 Å². The Bertz CT molecular complexity index is 1020. The summed E-state index contributed by atoms with van der Waals surface area (Å²) in [5.74, 6) is 0.931. The molecule has 0 aliphatic carbocycles. The van der Waals surface area contributed by atoms with Gasteiger partial charge in [-0.25, -0.2) is 12.4 Å². The van der Waals surface area contributed by atoms with Crippen LogP contribution in [0.2, 0.25) is 0 Å². The summed E-state index contributed by atoms with van der Waals surface area (Å²) < 4.78 is 33.6. The second kappa shape index (κ2) is 7.74. The van der Waals surface area contributed by atoms with Crippen molar-refractivity contribution in [3.05, 3.63) is 60.3 Å². The minimum Gasteiger partial charge on any atom is -0.490 e. The molecule has 0 radical (unpaired) electrons. The first-order valence-corrected chi connectivity index (χ1v) is 10.5. The van der Waals surface area contributed by atoms with Gasteiger partial charge < -0.3 is 9.64 Å².